The van der Waals surface area contributed by atoms with E-state index in [4.69, 9.17) is 9.84 Å². The van der Waals surface area contributed by atoms with E-state index < -0.39 is 0 Å². The Bertz CT molecular complexity index is 779. The standard InChI is InChI=1S/C22H29N3O3/c1-28-19-8-4-7-18(14-19)20-9-2-3-10-21(20)24-22(27)23-15-17-6-5-11-25(16-17)12-13-26/h2-4,7-10,14,17,26H,5-6,11-13,15-16H2,1H3,(H2,23,24,27). The summed E-state index contributed by atoms with van der Waals surface area (Å²) in [6.45, 7) is 3.46. The van der Waals surface area contributed by atoms with Gasteiger partial charge in [0.2, 0.25) is 0 Å². The van der Waals surface area contributed by atoms with Crippen LogP contribution in [0.2, 0.25) is 0 Å². The summed E-state index contributed by atoms with van der Waals surface area (Å²) in [5, 5.41) is 15.1. The van der Waals surface area contributed by atoms with Crippen LogP contribution in [0.3, 0.4) is 0 Å². The van der Waals surface area contributed by atoms with Crippen molar-refractivity contribution >= 4 is 11.7 Å². The minimum Gasteiger partial charge on any atom is -0.497 e. The molecular formula is C22H29N3O3. The summed E-state index contributed by atoms with van der Waals surface area (Å²) >= 11 is 0. The number of nitrogens with zero attached hydrogens (tertiary/aromatic N) is 1. The molecule has 150 valence electrons. The van der Waals surface area contributed by atoms with Crippen molar-refractivity contribution in [3.8, 4) is 16.9 Å². The lowest BCUT2D eigenvalue weighted by Gasteiger charge is -2.32. The molecule has 0 saturated carbocycles. The largest absolute Gasteiger partial charge is 0.497 e. The Morgan fingerprint density at radius 3 is 2.93 bits per heavy atom. The average Bonchev–Trinajstić information content (AvgIpc) is 2.73. The summed E-state index contributed by atoms with van der Waals surface area (Å²) in [5.41, 5.74) is 2.70. The molecule has 2 aromatic rings. The third kappa shape index (κ3) is 5.47. The summed E-state index contributed by atoms with van der Waals surface area (Å²) < 4.78 is 5.31. The second-order valence-corrected chi connectivity index (χ2v) is 7.15. The first-order valence-corrected chi connectivity index (χ1v) is 9.81. The van der Waals surface area contributed by atoms with Crippen molar-refractivity contribution in [3.63, 3.8) is 0 Å². The van der Waals surface area contributed by atoms with Crippen LogP contribution in [0.25, 0.3) is 11.1 Å². The van der Waals surface area contributed by atoms with Crippen LogP contribution in [0.4, 0.5) is 10.5 Å². The van der Waals surface area contributed by atoms with Crippen LogP contribution < -0.4 is 15.4 Å². The van der Waals surface area contributed by atoms with Gasteiger partial charge in [0.1, 0.15) is 5.75 Å². The lowest BCUT2D eigenvalue weighted by Crippen LogP contribution is -2.42. The topological polar surface area (TPSA) is 73.8 Å². The van der Waals surface area contributed by atoms with Gasteiger partial charge in [-0.25, -0.2) is 4.79 Å². The maximum atomic E-state index is 12.5. The second kappa shape index (κ2) is 10.1. The Hall–Kier alpha value is -2.57. The van der Waals surface area contributed by atoms with Gasteiger partial charge in [-0.15, -0.1) is 0 Å². The molecule has 3 rings (SSSR count). The van der Waals surface area contributed by atoms with Crippen molar-refractivity contribution in [2.45, 2.75) is 12.8 Å². The number of ether oxygens (including phenoxy) is 1. The predicted molar refractivity (Wildman–Crippen MR) is 112 cm³/mol. The van der Waals surface area contributed by atoms with E-state index in [0.717, 1.165) is 48.5 Å². The van der Waals surface area contributed by atoms with Gasteiger partial charge < -0.3 is 25.4 Å². The number of benzene rings is 2. The van der Waals surface area contributed by atoms with Crippen LogP contribution >= 0.6 is 0 Å². The van der Waals surface area contributed by atoms with Gasteiger partial charge in [-0.1, -0.05) is 30.3 Å². The highest BCUT2D eigenvalue weighted by atomic mass is 16.5. The number of amides is 2. The van der Waals surface area contributed by atoms with Crippen molar-refractivity contribution in [1.29, 1.82) is 0 Å². The average molecular weight is 383 g/mol. The molecule has 0 spiro atoms. The highest BCUT2D eigenvalue weighted by molar-refractivity contribution is 5.94. The smallest absolute Gasteiger partial charge is 0.319 e. The molecule has 1 heterocycles. The van der Waals surface area contributed by atoms with Crippen molar-refractivity contribution in [1.82, 2.24) is 10.2 Å². The van der Waals surface area contributed by atoms with Crippen molar-refractivity contribution in [2.24, 2.45) is 5.92 Å². The summed E-state index contributed by atoms with van der Waals surface area (Å²) in [6.07, 6.45) is 2.20. The van der Waals surface area contributed by atoms with E-state index in [2.05, 4.69) is 15.5 Å². The van der Waals surface area contributed by atoms with Crippen LogP contribution in [0.5, 0.6) is 5.75 Å². The number of piperidine rings is 1. The number of nitrogens with one attached hydrogen (secondary N) is 2. The quantitative estimate of drug-likeness (QED) is 0.687. The number of para-hydroxylation sites is 1. The SMILES string of the molecule is COc1cccc(-c2ccccc2NC(=O)NCC2CCCN(CCO)C2)c1. The number of aliphatic hydroxyl groups is 1. The highest BCUT2D eigenvalue weighted by Gasteiger charge is 2.20. The Morgan fingerprint density at radius 1 is 1.25 bits per heavy atom. The number of anilines is 1. The molecule has 1 fully saturated rings. The molecule has 1 atom stereocenters. The van der Waals surface area contributed by atoms with Crippen molar-refractivity contribution < 1.29 is 14.6 Å². The van der Waals surface area contributed by atoms with E-state index in [0.29, 0.717) is 19.0 Å². The zero-order valence-corrected chi connectivity index (χ0v) is 16.4. The summed E-state index contributed by atoms with van der Waals surface area (Å²) in [4.78, 5) is 14.7. The normalized spacial score (nSPS) is 17.1. The molecule has 0 bridgehead atoms. The number of hydrogen-bond acceptors (Lipinski definition) is 4. The van der Waals surface area contributed by atoms with Crippen LogP contribution in [0, 0.1) is 5.92 Å². The van der Waals surface area contributed by atoms with Gasteiger partial charge in [-0.2, -0.15) is 0 Å². The third-order valence-electron chi connectivity index (χ3n) is 5.13. The molecule has 0 radical (unpaired) electrons. The van der Waals surface area contributed by atoms with Gasteiger partial charge >= 0.3 is 6.03 Å². The number of carbonyl (C=O) groups excluding carboxylic acids is 1. The molecule has 6 nitrogen and oxygen atoms in total. The fourth-order valence-corrected chi connectivity index (χ4v) is 3.70. The third-order valence-corrected chi connectivity index (χ3v) is 5.13. The zero-order chi connectivity index (χ0) is 19.8. The Labute approximate surface area is 166 Å². The molecule has 2 amide bonds. The first kappa shape index (κ1) is 20.2. The van der Waals surface area contributed by atoms with Crippen molar-refractivity contribution in [3.05, 3.63) is 48.5 Å². The monoisotopic (exact) mass is 383 g/mol. The van der Waals surface area contributed by atoms with E-state index >= 15 is 0 Å². The molecule has 0 aliphatic carbocycles. The maximum absolute atomic E-state index is 12.5. The minimum absolute atomic E-state index is 0.182. The summed E-state index contributed by atoms with van der Waals surface area (Å²) in [7, 11) is 1.64. The van der Waals surface area contributed by atoms with Crippen molar-refractivity contribution in [2.75, 3.05) is 45.2 Å². The van der Waals surface area contributed by atoms with Gasteiger partial charge in [-0.05, 0) is 49.1 Å². The number of likely N-dealkylation sites (tertiary alicyclic amines) is 1. The molecule has 3 N–H and O–H groups in total. The van der Waals surface area contributed by atoms with Gasteiger partial charge in [0.05, 0.1) is 19.4 Å². The van der Waals surface area contributed by atoms with Gasteiger partial charge in [-0.3, -0.25) is 0 Å². The number of hydrogen-bond donors (Lipinski definition) is 3. The van der Waals surface area contributed by atoms with Crippen LogP contribution in [0.1, 0.15) is 12.8 Å². The number of carbonyl (C=O) groups is 1. The van der Waals surface area contributed by atoms with Gasteiger partial charge in [0.15, 0.2) is 0 Å². The number of β-amino-alcohol motifs (C(OH)–C–C–N with tert-alkyl or cyclic N) is 1. The summed E-state index contributed by atoms with van der Waals surface area (Å²) in [6, 6.07) is 15.3. The number of rotatable bonds is 7. The zero-order valence-electron chi connectivity index (χ0n) is 16.4. The van der Waals surface area contributed by atoms with E-state index in [-0.39, 0.29) is 12.6 Å². The fourth-order valence-electron chi connectivity index (χ4n) is 3.70. The fraction of sp³-hybridized carbons (Fsp3) is 0.409. The Kier molecular flexibility index (Phi) is 7.28. The van der Waals surface area contributed by atoms with Crippen LogP contribution in [-0.4, -0.2) is 55.9 Å². The molecule has 1 unspecified atom stereocenters. The van der Waals surface area contributed by atoms with Gasteiger partial charge in [0, 0.05) is 25.2 Å². The molecule has 6 heteroatoms. The molecular weight excluding hydrogens is 354 g/mol. The lowest BCUT2D eigenvalue weighted by molar-refractivity contribution is 0.139. The van der Waals surface area contributed by atoms with Crippen LogP contribution in [-0.2, 0) is 0 Å². The lowest BCUT2D eigenvalue weighted by atomic mass is 9.98. The Morgan fingerprint density at radius 2 is 2.11 bits per heavy atom. The molecule has 1 saturated heterocycles. The molecule has 28 heavy (non-hydrogen) atoms. The minimum atomic E-state index is -0.199. The molecule has 1 aliphatic rings. The predicted octanol–water partition coefficient (Wildman–Crippen LogP) is 3.19. The first-order valence-electron chi connectivity index (χ1n) is 9.81. The Balaban J connectivity index is 1.60. The number of aliphatic hydroxyl groups excluding tert-OH is 1. The van der Waals surface area contributed by atoms with E-state index in [9.17, 15) is 4.79 Å². The molecule has 2 aromatic carbocycles. The molecule has 1 aliphatic heterocycles. The molecule has 0 aromatic heterocycles. The maximum Gasteiger partial charge on any atom is 0.319 e. The summed E-state index contributed by atoms with van der Waals surface area (Å²) in [5.74, 6) is 1.20. The second-order valence-electron chi connectivity index (χ2n) is 7.15. The number of methoxy groups -OCH3 is 1. The highest BCUT2D eigenvalue weighted by Crippen LogP contribution is 2.30. The first-order chi connectivity index (χ1) is 13.7. The van der Waals surface area contributed by atoms with E-state index in [1.54, 1.807) is 7.11 Å². The number of urea groups is 1. The van der Waals surface area contributed by atoms with Crippen LogP contribution in [0.15, 0.2) is 48.5 Å². The van der Waals surface area contributed by atoms with E-state index in [1.807, 2.05) is 48.5 Å². The van der Waals surface area contributed by atoms with E-state index in [1.165, 1.54) is 0 Å². The van der Waals surface area contributed by atoms with Gasteiger partial charge in [0.25, 0.3) is 0 Å².